The molecule has 0 aliphatic heterocycles. The molecule has 2 heteroatoms. The average molecular weight is 272 g/mol. The molecule has 0 saturated heterocycles. The van der Waals surface area contributed by atoms with Crippen molar-refractivity contribution in [1.29, 1.82) is 0 Å². The Morgan fingerprint density at radius 1 is 1.00 bits per heavy atom. The Labute approximate surface area is 121 Å². The number of rotatable bonds is 1. The minimum Gasteiger partial charge on any atom is -0.207 e. The molecule has 0 saturated carbocycles. The first-order valence-electron chi connectivity index (χ1n) is 6.97. The highest BCUT2D eigenvalue weighted by Gasteiger charge is 2.23. The number of benzene rings is 1. The Morgan fingerprint density at radius 2 is 1.65 bits per heavy atom. The van der Waals surface area contributed by atoms with Crippen LogP contribution in [0.4, 0.5) is 4.39 Å². The van der Waals surface area contributed by atoms with Crippen LogP contribution in [-0.2, 0) is 12.5 Å². The summed E-state index contributed by atoms with van der Waals surface area (Å²) < 4.78 is 15.4. The van der Waals surface area contributed by atoms with E-state index in [9.17, 15) is 4.39 Å². The number of nitrogens with zero attached hydrogens (tertiary/aromatic N) is 1. The maximum Gasteiger partial charge on any atom is 0.212 e. The lowest BCUT2D eigenvalue weighted by Gasteiger charge is -2.20. The molecule has 2 rings (SSSR count). The van der Waals surface area contributed by atoms with Crippen molar-refractivity contribution in [2.45, 2.75) is 40.0 Å². The first-order chi connectivity index (χ1) is 9.20. The van der Waals surface area contributed by atoms with Gasteiger partial charge in [-0.25, -0.2) is 8.96 Å². The van der Waals surface area contributed by atoms with Crippen LogP contribution in [0.25, 0.3) is 11.3 Å². The van der Waals surface area contributed by atoms with E-state index in [-0.39, 0.29) is 11.2 Å². The standard InChI is InChI=1S/C18H23FN/c1-12-9-14(19)7-8-15(12)17-10-13(2)16(11-20(17)6)18(3,4)5/h7-11H,1-6H3/q+1. The molecule has 0 bridgehead atoms. The highest BCUT2D eigenvalue weighted by Crippen LogP contribution is 2.28. The Balaban J connectivity index is 2.62. The first kappa shape index (κ1) is 14.7. The van der Waals surface area contributed by atoms with Gasteiger partial charge in [-0.3, -0.25) is 0 Å². The summed E-state index contributed by atoms with van der Waals surface area (Å²) in [4.78, 5) is 0. The summed E-state index contributed by atoms with van der Waals surface area (Å²) in [6.45, 7) is 10.8. The highest BCUT2D eigenvalue weighted by atomic mass is 19.1. The third-order valence-electron chi connectivity index (χ3n) is 3.75. The van der Waals surface area contributed by atoms with E-state index in [1.807, 2.05) is 20.0 Å². The van der Waals surface area contributed by atoms with Crippen LogP contribution in [0.15, 0.2) is 30.5 Å². The normalized spacial score (nSPS) is 11.8. The number of halogens is 1. The zero-order chi connectivity index (χ0) is 15.1. The summed E-state index contributed by atoms with van der Waals surface area (Å²) in [5.41, 5.74) is 5.89. The number of pyridine rings is 1. The second kappa shape index (κ2) is 5.01. The van der Waals surface area contributed by atoms with Gasteiger partial charge in [0.2, 0.25) is 5.69 Å². The van der Waals surface area contributed by atoms with Crippen molar-refractivity contribution in [3.63, 3.8) is 0 Å². The molecule has 106 valence electrons. The molecular formula is C18H23FN+. The van der Waals surface area contributed by atoms with Crippen molar-refractivity contribution in [3.05, 3.63) is 53.0 Å². The summed E-state index contributed by atoms with van der Waals surface area (Å²) in [6.07, 6.45) is 2.19. The van der Waals surface area contributed by atoms with E-state index < -0.39 is 0 Å². The van der Waals surface area contributed by atoms with Gasteiger partial charge in [0.25, 0.3) is 0 Å². The van der Waals surface area contributed by atoms with Crippen molar-refractivity contribution in [1.82, 2.24) is 0 Å². The summed E-state index contributed by atoms with van der Waals surface area (Å²) in [5, 5.41) is 0. The first-order valence-corrected chi connectivity index (χ1v) is 6.97. The van der Waals surface area contributed by atoms with E-state index in [0.29, 0.717) is 0 Å². The van der Waals surface area contributed by atoms with E-state index in [4.69, 9.17) is 0 Å². The molecule has 0 spiro atoms. The molecule has 0 aliphatic carbocycles. The second-order valence-electron chi connectivity index (χ2n) is 6.58. The van der Waals surface area contributed by atoms with Crippen LogP contribution in [0, 0.1) is 19.7 Å². The Morgan fingerprint density at radius 3 is 2.20 bits per heavy atom. The van der Waals surface area contributed by atoms with Crippen molar-refractivity contribution in [2.75, 3.05) is 0 Å². The van der Waals surface area contributed by atoms with Crippen LogP contribution in [0.2, 0.25) is 0 Å². The molecule has 0 unspecified atom stereocenters. The smallest absolute Gasteiger partial charge is 0.207 e. The van der Waals surface area contributed by atoms with Gasteiger partial charge in [0.05, 0.1) is 0 Å². The van der Waals surface area contributed by atoms with Gasteiger partial charge >= 0.3 is 0 Å². The number of hydrogen-bond acceptors (Lipinski definition) is 0. The number of aryl methyl sites for hydroxylation is 3. The van der Waals surface area contributed by atoms with Gasteiger partial charge < -0.3 is 0 Å². The molecule has 0 N–H and O–H groups in total. The lowest BCUT2D eigenvalue weighted by Crippen LogP contribution is -2.34. The Bertz CT molecular complexity index is 651. The Hall–Kier alpha value is -1.70. The van der Waals surface area contributed by atoms with Crippen molar-refractivity contribution < 1.29 is 8.96 Å². The van der Waals surface area contributed by atoms with Gasteiger partial charge in [0, 0.05) is 17.2 Å². The largest absolute Gasteiger partial charge is 0.212 e. The van der Waals surface area contributed by atoms with E-state index in [0.717, 1.165) is 16.8 Å². The van der Waals surface area contributed by atoms with Crippen molar-refractivity contribution in [2.24, 2.45) is 7.05 Å². The molecule has 0 fully saturated rings. The molecule has 0 atom stereocenters. The third-order valence-corrected chi connectivity index (χ3v) is 3.75. The lowest BCUT2D eigenvalue weighted by molar-refractivity contribution is -0.661. The molecule has 20 heavy (non-hydrogen) atoms. The molecule has 1 nitrogen and oxygen atoms in total. The predicted molar refractivity (Wildman–Crippen MR) is 81.2 cm³/mol. The van der Waals surface area contributed by atoms with Crippen LogP contribution in [0.5, 0.6) is 0 Å². The van der Waals surface area contributed by atoms with Crippen LogP contribution < -0.4 is 4.57 Å². The highest BCUT2D eigenvalue weighted by molar-refractivity contribution is 5.61. The van der Waals surface area contributed by atoms with E-state index in [1.54, 1.807) is 6.07 Å². The fourth-order valence-corrected chi connectivity index (χ4v) is 2.72. The number of hydrogen-bond donors (Lipinski definition) is 0. The minimum atomic E-state index is -0.183. The third kappa shape index (κ3) is 2.74. The van der Waals surface area contributed by atoms with Gasteiger partial charge in [0.15, 0.2) is 6.20 Å². The summed E-state index contributed by atoms with van der Waals surface area (Å²) in [7, 11) is 2.05. The maximum atomic E-state index is 13.3. The topological polar surface area (TPSA) is 3.88 Å². The summed E-state index contributed by atoms with van der Waals surface area (Å²) in [5.74, 6) is -0.183. The Kier molecular flexibility index (Phi) is 3.68. The van der Waals surface area contributed by atoms with Crippen LogP contribution in [0.1, 0.15) is 37.5 Å². The molecule has 2 aromatic rings. The van der Waals surface area contributed by atoms with Crippen molar-refractivity contribution >= 4 is 0 Å². The van der Waals surface area contributed by atoms with Gasteiger partial charge in [-0.05, 0) is 48.6 Å². The SMILES string of the molecule is Cc1cc(F)ccc1-c1cc(C)c(C(C)(C)C)c[n+]1C. The molecule has 1 aromatic carbocycles. The molecule has 1 aromatic heterocycles. The van der Waals surface area contributed by atoms with E-state index in [1.165, 1.54) is 17.2 Å². The van der Waals surface area contributed by atoms with Gasteiger partial charge in [-0.15, -0.1) is 0 Å². The van der Waals surface area contributed by atoms with Gasteiger partial charge in [-0.2, -0.15) is 0 Å². The summed E-state index contributed by atoms with van der Waals surface area (Å²) in [6, 6.07) is 7.16. The minimum absolute atomic E-state index is 0.123. The van der Waals surface area contributed by atoms with Crippen molar-refractivity contribution in [3.8, 4) is 11.3 Å². The maximum absolute atomic E-state index is 13.3. The second-order valence-corrected chi connectivity index (χ2v) is 6.58. The van der Waals surface area contributed by atoms with Crippen LogP contribution in [-0.4, -0.2) is 0 Å². The van der Waals surface area contributed by atoms with Gasteiger partial charge in [0.1, 0.15) is 12.9 Å². The molecule has 0 radical (unpaired) electrons. The molecule has 0 amide bonds. The quantitative estimate of drug-likeness (QED) is 0.684. The van der Waals surface area contributed by atoms with E-state index >= 15 is 0 Å². The number of aromatic nitrogens is 1. The van der Waals surface area contributed by atoms with Crippen LogP contribution >= 0.6 is 0 Å². The van der Waals surface area contributed by atoms with Crippen LogP contribution in [0.3, 0.4) is 0 Å². The molecule has 0 aliphatic rings. The monoisotopic (exact) mass is 272 g/mol. The fraction of sp³-hybridized carbons (Fsp3) is 0.389. The molecular weight excluding hydrogens is 249 g/mol. The molecule has 1 heterocycles. The summed E-state index contributed by atoms with van der Waals surface area (Å²) >= 11 is 0. The van der Waals surface area contributed by atoms with E-state index in [2.05, 4.69) is 44.5 Å². The zero-order valence-corrected chi connectivity index (χ0v) is 13.2. The average Bonchev–Trinajstić information content (AvgIpc) is 2.31. The zero-order valence-electron chi connectivity index (χ0n) is 13.2. The predicted octanol–water partition coefficient (Wildman–Crippen LogP) is 4.23. The van der Waals surface area contributed by atoms with Gasteiger partial charge in [-0.1, -0.05) is 20.8 Å². The fourth-order valence-electron chi connectivity index (χ4n) is 2.72. The lowest BCUT2D eigenvalue weighted by atomic mass is 9.84.